The number of rotatable bonds is 5. The van der Waals surface area contributed by atoms with E-state index in [0.717, 1.165) is 12.3 Å². The van der Waals surface area contributed by atoms with E-state index in [2.05, 4.69) is 4.98 Å². The highest BCUT2D eigenvalue weighted by Crippen LogP contribution is 2.26. The minimum absolute atomic E-state index is 0.0251. The van der Waals surface area contributed by atoms with E-state index >= 15 is 0 Å². The fourth-order valence-corrected chi connectivity index (χ4v) is 2.87. The van der Waals surface area contributed by atoms with Crippen LogP contribution in [0.2, 0.25) is 0 Å². The van der Waals surface area contributed by atoms with Crippen molar-refractivity contribution in [3.63, 3.8) is 0 Å². The van der Waals surface area contributed by atoms with Crippen molar-refractivity contribution in [3.8, 4) is 5.75 Å². The molecule has 1 aromatic heterocycles. The van der Waals surface area contributed by atoms with E-state index in [9.17, 15) is 19.3 Å². The molecule has 0 atom stereocenters. The van der Waals surface area contributed by atoms with Crippen molar-refractivity contribution in [3.05, 3.63) is 58.0 Å². The van der Waals surface area contributed by atoms with Gasteiger partial charge in [0.15, 0.2) is 0 Å². The molecule has 3 rings (SSSR count). The van der Waals surface area contributed by atoms with Crippen LogP contribution in [0.4, 0.5) is 15.9 Å². The second-order valence-corrected chi connectivity index (χ2v) is 5.94. The van der Waals surface area contributed by atoms with Crippen LogP contribution in [-0.2, 0) is 0 Å². The zero-order valence-corrected chi connectivity index (χ0v) is 13.8. The van der Waals surface area contributed by atoms with E-state index in [-0.39, 0.29) is 23.2 Å². The molecule has 1 aliphatic rings. The second kappa shape index (κ2) is 7.34. The first-order valence-corrected chi connectivity index (χ1v) is 8.05. The van der Waals surface area contributed by atoms with Crippen molar-refractivity contribution in [1.29, 1.82) is 0 Å². The third-order valence-corrected chi connectivity index (χ3v) is 4.19. The number of nitro groups is 1. The van der Waals surface area contributed by atoms with Gasteiger partial charge in [-0.25, -0.2) is 9.37 Å². The molecule has 9 heteroatoms. The number of hydrogen-bond donors (Lipinski definition) is 1. The van der Waals surface area contributed by atoms with Gasteiger partial charge in [0.1, 0.15) is 29.7 Å². The normalized spacial score (nSPS) is 14.9. The first-order chi connectivity index (χ1) is 12.4. The first kappa shape index (κ1) is 17.6. The number of ether oxygens (including phenoxy) is 1. The van der Waals surface area contributed by atoms with Crippen LogP contribution < -0.4 is 15.4 Å². The van der Waals surface area contributed by atoms with Gasteiger partial charge in [0, 0.05) is 32.0 Å². The van der Waals surface area contributed by atoms with E-state index < -0.39 is 10.8 Å². The van der Waals surface area contributed by atoms with Crippen molar-refractivity contribution in [2.45, 2.75) is 18.9 Å². The molecule has 0 aliphatic carbocycles. The molecule has 2 aromatic rings. The van der Waals surface area contributed by atoms with Gasteiger partial charge in [0.05, 0.1) is 10.5 Å². The molecule has 0 spiro atoms. The summed E-state index contributed by atoms with van der Waals surface area (Å²) in [5.41, 5.74) is 5.09. The largest absolute Gasteiger partial charge is 0.490 e. The Labute approximate surface area is 148 Å². The quantitative estimate of drug-likeness (QED) is 0.647. The second-order valence-electron chi connectivity index (χ2n) is 5.94. The van der Waals surface area contributed by atoms with E-state index in [4.69, 9.17) is 10.5 Å². The standard InChI is InChI=1S/C17H17FN4O4/c18-11-1-3-13(4-2-11)26-14-5-7-21(8-6-14)17-15(16(19)23)9-12(10-20-17)22(24)25/h1-4,9-10,14H,5-8H2,(H2,19,23). The lowest BCUT2D eigenvalue weighted by Crippen LogP contribution is -2.39. The number of hydrogen-bond acceptors (Lipinski definition) is 6. The number of nitrogens with zero attached hydrogens (tertiary/aromatic N) is 3. The topological polar surface area (TPSA) is 112 Å². The van der Waals surface area contributed by atoms with Crippen LogP contribution in [0.25, 0.3) is 0 Å². The summed E-state index contributed by atoms with van der Waals surface area (Å²) < 4.78 is 18.8. The summed E-state index contributed by atoms with van der Waals surface area (Å²) in [6.07, 6.45) is 2.39. The van der Waals surface area contributed by atoms with E-state index in [0.29, 0.717) is 37.5 Å². The van der Waals surface area contributed by atoms with Crippen LogP contribution in [0.5, 0.6) is 5.75 Å². The summed E-state index contributed by atoms with van der Waals surface area (Å²) in [6, 6.07) is 6.97. The Morgan fingerprint density at radius 2 is 1.96 bits per heavy atom. The Morgan fingerprint density at radius 1 is 1.31 bits per heavy atom. The first-order valence-electron chi connectivity index (χ1n) is 8.05. The van der Waals surface area contributed by atoms with E-state index in [1.807, 2.05) is 4.90 Å². The van der Waals surface area contributed by atoms with Crippen molar-refractivity contribution in [1.82, 2.24) is 4.98 Å². The molecule has 0 saturated carbocycles. The smallest absolute Gasteiger partial charge is 0.288 e. The third kappa shape index (κ3) is 3.88. The predicted octanol–water partition coefficient (Wildman–Crippen LogP) is 2.28. The van der Waals surface area contributed by atoms with Gasteiger partial charge in [0.2, 0.25) is 0 Å². The van der Waals surface area contributed by atoms with Crippen LogP contribution in [0.1, 0.15) is 23.2 Å². The summed E-state index contributed by atoms with van der Waals surface area (Å²) in [6.45, 7) is 1.11. The van der Waals surface area contributed by atoms with Crippen molar-refractivity contribution in [2.24, 2.45) is 5.73 Å². The number of halogens is 1. The zero-order valence-electron chi connectivity index (χ0n) is 13.8. The molecule has 0 bridgehead atoms. The number of carbonyl (C=O) groups is 1. The highest BCUT2D eigenvalue weighted by atomic mass is 19.1. The molecule has 1 saturated heterocycles. The number of piperidine rings is 1. The molecule has 2 N–H and O–H groups in total. The average Bonchev–Trinajstić information content (AvgIpc) is 2.63. The number of carbonyl (C=O) groups excluding carboxylic acids is 1. The van der Waals surface area contributed by atoms with Crippen LogP contribution >= 0.6 is 0 Å². The molecule has 1 aromatic carbocycles. The van der Waals surface area contributed by atoms with E-state index in [1.165, 1.54) is 12.1 Å². The number of nitrogens with two attached hydrogens (primary N) is 1. The lowest BCUT2D eigenvalue weighted by atomic mass is 10.1. The van der Waals surface area contributed by atoms with E-state index in [1.54, 1.807) is 12.1 Å². The fourth-order valence-electron chi connectivity index (χ4n) is 2.87. The molecule has 1 fully saturated rings. The summed E-state index contributed by atoms with van der Waals surface area (Å²) in [4.78, 5) is 27.8. The van der Waals surface area contributed by atoms with Crippen molar-refractivity contribution in [2.75, 3.05) is 18.0 Å². The molecular weight excluding hydrogens is 343 g/mol. The van der Waals surface area contributed by atoms with Gasteiger partial charge < -0.3 is 15.4 Å². The lowest BCUT2D eigenvalue weighted by Gasteiger charge is -2.33. The maximum atomic E-state index is 12.9. The number of primary amides is 1. The SMILES string of the molecule is NC(=O)c1cc([N+](=O)[O-])cnc1N1CCC(Oc2ccc(F)cc2)CC1. The molecule has 26 heavy (non-hydrogen) atoms. The average molecular weight is 360 g/mol. The summed E-state index contributed by atoms with van der Waals surface area (Å²) in [7, 11) is 0. The molecule has 136 valence electrons. The lowest BCUT2D eigenvalue weighted by molar-refractivity contribution is -0.385. The molecule has 8 nitrogen and oxygen atoms in total. The molecule has 1 aliphatic heterocycles. The van der Waals surface area contributed by atoms with Crippen LogP contribution in [0, 0.1) is 15.9 Å². The molecule has 1 amide bonds. The Morgan fingerprint density at radius 3 is 2.54 bits per heavy atom. The van der Waals surface area contributed by atoms with Crippen molar-refractivity contribution < 1.29 is 18.8 Å². The van der Waals surface area contributed by atoms with Gasteiger partial charge in [-0.3, -0.25) is 14.9 Å². The summed E-state index contributed by atoms with van der Waals surface area (Å²) in [5.74, 6) is -0.157. The molecule has 0 radical (unpaired) electrons. The highest BCUT2D eigenvalue weighted by molar-refractivity contribution is 5.98. The van der Waals surface area contributed by atoms with Crippen LogP contribution in [0.15, 0.2) is 36.5 Å². The van der Waals surface area contributed by atoms with Crippen LogP contribution in [-0.4, -0.2) is 35.0 Å². The highest BCUT2D eigenvalue weighted by Gasteiger charge is 2.26. The van der Waals surface area contributed by atoms with Gasteiger partial charge in [-0.1, -0.05) is 0 Å². The molecular formula is C17H17FN4O4. The maximum absolute atomic E-state index is 12.9. The Bertz CT molecular complexity index is 820. The zero-order chi connectivity index (χ0) is 18.7. The number of anilines is 1. The van der Waals surface area contributed by atoms with Gasteiger partial charge in [-0.05, 0) is 24.3 Å². The number of benzene rings is 1. The Kier molecular flexibility index (Phi) is 4.97. The maximum Gasteiger partial charge on any atom is 0.288 e. The Balaban J connectivity index is 1.68. The monoisotopic (exact) mass is 360 g/mol. The summed E-state index contributed by atoms with van der Waals surface area (Å²) in [5, 5.41) is 10.9. The Hall–Kier alpha value is -3.23. The predicted molar refractivity (Wildman–Crippen MR) is 91.7 cm³/mol. The van der Waals surface area contributed by atoms with Crippen molar-refractivity contribution >= 4 is 17.4 Å². The minimum atomic E-state index is -0.763. The number of amides is 1. The number of aromatic nitrogens is 1. The minimum Gasteiger partial charge on any atom is -0.490 e. The van der Waals surface area contributed by atoms with Gasteiger partial charge in [0.25, 0.3) is 11.6 Å². The fraction of sp³-hybridized carbons (Fsp3) is 0.294. The van der Waals surface area contributed by atoms with Gasteiger partial charge >= 0.3 is 0 Å². The summed E-state index contributed by atoms with van der Waals surface area (Å²) >= 11 is 0. The third-order valence-electron chi connectivity index (χ3n) is 4.19. The van der Waals surface area contributed by atoms with Gasteiger partial charge in [-0.2, -0.15) is 0 Å². The molecule has 2 heterocycles. The van der Waals surface area contributed by atoms with Crippen LogP contribution in [0.3, 0.4) is 0 Å². The number of pyridine rings is 1. The molecule has 0 unspecified atom stereocenters. The van der Waals surface area contributed by atoms with Gasteiger partial charge in [-0.15, -0.1) is 0 Å².